The van der Waals surface area contributed by atoms with Gasteiger partial charge in [-0.1, -0.05) is 0 Å². The number of hydrogen-bond donors (Lipinski definition) is 2. The van der Waals surface area contributed by atoms with E-state index in [9.17, 15) is 4.79 Å². The number of carbonyl (C=O) groups is 1. The summed E-state index contributed by atoms with van der Waals surface area (Å²) in [5.74, 6) is 0.633. The quantitative estimate of drug-likeness (QED) is 0.860. The topological polar surface area (TPSA) is 66.5 Å². The largest absolute Gasteiger partial charge is 0.378 e. The third kappa shape index (κ3) is 4.18. The van der Waals surface area contributed by atoms with Crippen LogP contribution in [-0.4, -0.2) is 49.8 Å². The molecule has 6 heteroatoms. The van der Waals surface area contributed by atoms with Crippen LogP contribution >= 0.6 is 0 Å². The summed E-state index contributed by atoms with van der Waals surface area (Å²) in [7, 11) is 0. The van der Waals surface area contributed by atoms with Gasteiger partial charge in [0.05, 0.1) is 18.0 Å². The molecule has 0 aromatic carbocycles. The second kappa shape index (κ2) is 7.56. The van der Waals surface area contributed by atoms with Crippen molar-refractivity contribution in [2.24, 2.45) is 0 Å². The molecule has 0 aliphatic carbocycles. The zero-order chi connectivity index (χ0) is 15.2. The minimum atomic E-state index is 0.0120. The van der Waals surface area contributed by atoms with E-state index in [2.05, 4.69) is 20.5 Å². The standard InChI is InChI=1S/C16H24N4O2/c21-16(6-4-14-2-1-11-22-14)19-15-5-3-13(12-18-15)20-9-7-17-8-10-20/h3,5,12,14,17H,1-2,4,6-11H2,(H,18,19,21). The third-order valence-corrected chi connectivity index (χ3v) is 4.21. The molecule has 120 valence electrons. The summed E-state index contributed by atoms with van der Waals surface area (Å²) in [5, 5.41) is 6.19. The summed E-state index contributed by atoms with van der Waals surface area (Å²) in [6.07, 6.45) is 5.57. The molecule has 2 saturated heterocycles. The van der Waals surface area contributed by atoms with Crippen molar-refractivity contribution in [2.75, 3.05) is 43.0 Å². The summed E-state index contributed by atoms with van der Waals surface area (Å²) >= 11 is 0. The smallest absolute Gasteiger partial charge is 0.225 e. The second-order valence-electron chi connectivity index (χ2n) is 5.86. The van der Waals surface area contributed by atoms with E-state index in [0.29, 0.717) is 12.2 Å². The molecule has 3 rings (SSSR count). The molecule has 22 heavy (non-hydrogen) atoms. The number of piperazine rings is 1. The SMILES string of the molecule is O=C(CCC1CCCO1)Nc1ccc(N2CCNCC2)cn1. The molecule has 2 N–H and O–H groups in total. The number of aromatic nitrogens is 1. The Balaban J connectivity index is 1.46. The Kier molecular flexibility index (Phi) is 5.24. The fourth-order valence-corrected chi connectivity index (χ4v) is 2.94. The van der Waals surface area contributed by atoms with E-state index in [1.54, 1.807) is 0 Å². The highest BCUT2D eigenvalue weighted by Gasteiger charge is 2.17. The molecular weight excluding hydrogens is 280 g/mol. The summed E-state index contributed by atoms with van der Waals surface area (Å²) in [6, 6.07) is 3.90. The zero-order valence-electron chi connectivity index (χ0n) is 12.9. The highest BCUT2D eigenvalue weighted by atomic mass is 16.5. The number of nitrogens with one attached hydrogen (secondary N) is 2. The molecule has 0 radical (unpaired) electrons. The zero-order valence-corrected chi connectivity index (χ0v) is 12.9. The average molecular weight is 304 g/mol. The number of nitrogens with zero attached hydrogens (tertiary/aromatic N) is 2. The van der Waals surface area contributed by atoms with Gasteiger partial charge in [0, 0.05) is 39.2 Å². The van der Waals surface area contributed by atoms with Crippen LogP contribution in [0.1, 0.15) is 25.7 Å². The van der Waals surface area contributed by atoms with Gasteiger partial charge < -0.3 is 20.3 Å². The van der Waals surface area contributed by atoms with E-state index < -0.39 is 0 Å². The lowest BCUT2D eigenvalue weighted by atomic mass is 10.1. The molecule has 1 aromatic rings. The van der Waals surface area contributed by atoms with E-state index in [4.69, 9.17) is 4.74 Å². The molecule has 2 aliphatic heterocycles. The molecule has 6 nitrogen and oxygen atoms in total. The van der Waals surface area contributed by atoms with Crippen molar-refractivity contribution in [3.05, 3.63) is 18.3 Å². The molecule has 1 aromatic heterocycles. The monoisotopic (exact) mass is 304 g/mol. The van der Waals surface area contributed by atoms with Crippen LogP contribution in [0.15, 0.2) is 18.3 Å². The second-order valence-corrected chi connectivity index (χ2v) is 5.86. The molecule has 2 fully saturated rings. The summed E-state index contributed by atoms with van der Waals surface area (Å²) < 4.78 is 5.53. The van der Waals surface area contributed by atoms with Crippen molar-refractivity contribution in [3.8, 4) is 0 Å². The van der Waals surface area contributed by atoms with Gasteiger partial charge in [-0.05, 0) is 31.4 Å². The van der Waals surface area contributed by atoms with Crippen LogP contribution in [-0.2, 0) is 9.53 Å². The van der Waals surface area contributed by atoms with Crippen LogP contribution in [0, 0.1) is 0 Å². The molecule has 0 spiro atoms. The first-order chi connectivity index (χ1) is 10.8. The molecule has 1 unspecified atom stereocenters. The lowest BCUT2D eigenvalue weighted by molar-refractivity contribution is -0.116. The van der Waals surface area contributed by atoms with Crippen LogP contribution in [0.5, 0.6) is 0 Å². The van der Waals surface area contributed by atoms with Crippen LogP contribution < -0.4 is 15.5 Å². The van der Waals surface area contributed by atoms with Crippen LogP contribution in [0.25, 0.3) is 0 Å². The molecule has 0 bridgehead atoms. The molecule has 3 heterocycles. The summed E-state index contributed by atoms with van der Waals surface area (Å²) in [6.45, 7) is 4.83. The molecule has 1 atom stereocenters. The van der Waals surface area contributed by atoms with Gasteiger partial charge in [0.25, 0.3) is 0 Å². The van der Waals surface area contributed by atoms with Gasteiger partial charge in [-0.3, -0.25) is 4.79 Å². The van der Waals surface area contributed by atoms with Crippen LogP contribution in [0.2, 0.25) is 0 Å². The van der Waals surface area contributed by atoms with Crippen molar-refractivity contribution < 1.29 is 9.53 Å². The average Bonchev–Trinajstić information content (AvgIpc) is 3.08. The Morgan fingerprint density at radius 2 is 2.27 bits per heavy atom. The van der Waals surface area contributed by atoms with Crippen molar-refractivity contribution in [3.63, 3.8) is 0 Å². The number of carbonyl (C=O) groups excluding carboxylic acids is 1. The Hall–Kier alpha value is -1.66. The maximum Gasteiger partial charge on any atom is 0.225 e. The number of anilines is 2. The van der Waals surface area contributed by atoms with E-state index in [-0.39, 0.29) is 12.0 Å². The number of hydrogen-bond acceptors (Lipinski definition) is 5. The Morgan fingerprint density at radius 1 is 1.41 bits per heavy atom. The van der Waals surface area contributed by atoms with Gasteiger partial charge in [-0.2, -0.15) is 0 Å². The molecule has 1 amide bonds. The maximum atomic E-state index is 11.9. The summed E-state index contributed by atoms with van der Waals surface area (Å²) in [4.78, 5) is 18.6. The van der Waals surface area contributed by atoms with Gasteiger partial charge >= 0.3 is 0 Å². The van der Waals surface area contributed by atoms with Crippen molar-refractivity contribution in [1.29, 1.82) is 0 Å². The third-order valence-electron chi connectivity index (χ3n) is 4.21. The fraction of sp³-hybridized carbons (Fsp3) is 0.625. The van der Waals surface area contributed by atoms with E-state index >= 15 is 0 Å². The van der Waals surface area contributed by atoms with E-state index in [1.165, 1.54) is 0 Å². The molecular formula is C16H24N4O2. The number of rotatable bonds is 5. The minimum absolute atomic E-state index is 0.0120. The van der Waals surface area contributed by atoms with Gasteiger partial charge in [-0.15, -0.1) is 0 Å². The first kappa shape index (κ1) is 15.2. The van der Waals surface area contributed by atoms with Gasteiger partial charge in [0.2, 0.25) is 5.91 Å². The first-order valence-corrected chi connectivity index (χ1v) is 8.14. The Labute approximate surface area is 131 Å². The maximum absolute atomic E-state index is 11.9. The fourth-order valence-electron chi connectivity index (χ4n) is 2.94. The Bertz CT molecular complexity index is 479. The predicted octanol–water partition coefficient (Wildman–Crippen LogP) is 1.39. The molecule has 2 aliphatic rings. The van der Waals surface area contributed by atoms with Crippen molar-refractivity contribution in [2.45, 2.75) is 31.8 Å². The van der Waals surface area contributed by atoms with Gasteiger partial charge in [-0.25, -0.2) is 4.98 Å². The Morgan fingerprint density at radius 3 is 2.95 bits per heavy atom. The molecule has 0 saturated carbocycles. The minimum Gasteiger partial charge on any atom is -0.378 e. The van der Waals surface area contributed by atoms with E-state index in [0.717, 1.165) is 57.7 Å². The first-order valence-electron chi connectivity index (χ1n) is 8.14. The van der Waals surface area contributed by atoms with Crippen LogP contribution in [0.3, 0.4) is 0 Å². The predicted molar refractivity (Wildman–Crippen MR) is 86.2 cm³/mol. The highest BCUT2D eigenvalue weighted by molar-refractivity contribution is 5.89. The number of ether oxygens (including phenoxy) is 1. The number of pyridine rings is 1. The van der Waals surface area contributed by atoms with Gasteiger partial charge in [0.1, 0.15) is 5.82 Å². The highest BCUT2D eigenvalue weighted by Crippen LogP contribution is 2.18. The lowest BCUT2D eigenvalue weighted by Crippen LogP contribution is -2.43. The van der Waals surface area contributed by atoms with Crippen LogP contribution in [0.4, 0.5) is 11.5 Å². The summed E-state index contributed by atoms with van der Waals surface area (Å²) in [5.41, 5.74) is 1.11. The normalized spacial score (nSPS) is 21.8. The van der Waals surface area contributed by atoms with Gasteiger partial charge in [0.15, 0.2) is 0 Å². The van der Waals surface area contributed by atoms with E-state index in [1.807, 2.05) is 18.3 Å². The number of amides is 1. The van der Waals surface area contributed by atoms with Crippen molar-refractivity contribution in [1.82, 2.24) is 10.3 Å². The lowest BCUT2D eigenvalue weighted by Gasteiger charge is -2.29. The van der Waals surface area contributed by atoms with Crippen molar-refractivity contribution >= 4 is 17.4 Å².